The molecule has 6 heteroatoms. The van der Waals surface area contributed by atoms with Gasteiger partial charge in [-0.1, -0.05) is 0 Å². The minimum atomic E-state index is -0.658. The van der Waals surface area contributed by atoms with E-state index in [-0.39, 0.29) is 0 Å². The Balaban J connectivity index is 2.48. The zero-order valence-electron chi connectivity index (χ0n) is 7.02. The molecule has 2 aromatic rings. The van der Waals surface area contributed by atoms with Crippen LogP contribution in [0.15, 0.2) is 12.7 Å². The Morgan fingerprint density at radius 2 is 2.31 bits per heavy atom. The van der Waals surface area contributed by atoms with Crippen molar-refractivity contribution < 1.29 is 5.11 Å². The molecular weight excluding hydrogens is 170 g/mol. The second kappa shape index (κ2) is 2.98. The van der Waals surface area contributed by atoms with Crippen LogP contribution < -0.4 is 5.32 Å². The number of aromatic nitrogens is 4. The van der Waals surface area contributed by atoms with E-state index >= 15 is 0 Å². The van der Waals surface area contributed by atoms with Crippen molar-refractivity contribution in [2.24, 2.45) is 0 Å². The molecule has 0 spiro atoms. The Hall–Kier alpha value is -1.69. The molecule has 0 amide bonds. The summed E-state index contributed by atoms with van der Waals surface area (Å²) in [5, 5.41) is 11.8. The highest BCUT2D eigenvalue weighted by Crippen LogP contribution is 2.14. The van der Waals surface area contributed by atoms with E-state index in [0.29, 0.717) is 17.0 Å². The van der Waals surface area contributed by atoms with Gasteiger partial charge in [0.05, 0.1) is 6.33 Å². The van der Waals surface area contributed by atoms with Gasteiger partial charge in [0, 0.05) is 0 Å². The van der Waals surface area contributed by atoms with Gasteiger partial charge in [0.15, 0.2) is 11.5 Å². The number of nitrogens with one attached hydrogen (secondary N) is 2. The molecule has 0 radical (unpaired) electrons. The first-order chi connectivity index (χ1) is 6.27. The van der Waals surface area contributed by atoms with Gasteiger partial charge in [-0.05, 0) is 6.92 Å². The fourth-order valence-corrected chi connectivity index (χ4v) is 1.07. The molecule has 2 heterocycles. The fourth-order valence-electron chi connectivity index (χ4n) is 1.07. The highest BCUT2D eigenvalue weighted by molar-refractivity contribution is 5.81. The van der Waals surface area contributed by atoms with Crippen molar-refractivity contribution >= 4 is 17.0 Å². The van der Waals surface area contributed by atoms with E-state index in [0.717, 1.165) is 0 Å². The standard InChI is InChI=1S/C7H9N5O/c1-4(13)12-7-5-6(9-2-8-5)10-3-11-7/h2-4,13H,1H3,(H2,8,9,10,11,12). The number of hydrogen-bond acceptors (Lipinski definition) is 5. The van der Waals surface area contributed by atoms with Crippen LogP contribution in [0.4, 0.5) is 5.82 Å². The Morgan fingerprint density at radius 3 is 3.08 bits per heavy atom. The highest BCUT2D eigenvalue weighted by Gasteiger charge is 2.06. The fraction of sp³-hybridized carbons (Fsp3) is 0.286. The van der Waals surface area contributed by atoms with Gasteiger partial charge in [-0.2, -0.15) is 0 Å². The number of aromatic amines is 1. The van der Waals surface area contributed by atoms with E-state index < -0.39 is 6.23 Å². The van der Waals surface area contributed by atoms with Crippen molar-refractivity contribution in [3.05, 3.63) is 12.7 Å². The lowest BCUT2D eigenvalue weighted by molar-refractivity contribution is 0.224. The van der Waals surface area contributed by atoms with Gasteiger partial charge in [-0.3, -0.25) is 0 Å². The number of H-pyrrole nitrogens is 1. The van der Waals surface area contributed by atoms with E-state index in [4.69, 9.17) is 5.11 Å². The van der Waals surface area contributed by atoms with Crippen LogP contribution in [-0.2, 0) is 0 Å². The maximum absolute atomic E-state index is 9.09. The third kappa shape index (κ3) is 1.43. The Kier molecular flexibility index (Phi) is 1.82. The summed E-state index contributed by atoms with van der Waals surface area (Å²) >= 11 is 0. The molecule has 0 fully saturated rings. The largest absolute Gasteiger partial charge is 0.374 e. The molecule has 0 saturated heterocycles. The molecule has 1 atom stereocenters. The number of hydrogen-bond donors (Lipinski definition) is 3. The van der Waals surface area contributed by atoms with E-state index in [1.165, 1.54) is 12.7 Å². The number of aliphatic hydroxyl groups is 1. The molecule has 0 saturated carbocycles. The first kappa shape index (κ1) is 7.93. The topological polar surface area (TPSA) is 86.7 Å². The lowest BCUT2D eigenvalue weighted by Gasteiger charge is -2.06. The third-order valence-electron chi connectivity index (χ3n) is 1.56. The van der Waals surface area contributed by atoms with Gasteiger partial charge in [-0.25, -0.2) is 15.0 Å². The van der Waals surface area contributed by atoms with Crippen LogP contribution in [0.2, 0.25) is 0 Å². The van der Waals surface area contributed by atoms with Crippen molar-refractivity contribution in [1.29, 1.82) is 0 Å². The molecule has 0 aliphatic heterocycles. The number of anilines is 1. The predicted octanol–water partition coefficient (Wildman–Crippen LogP) is 0.103. The smallest absolute Gasteiger partial charge is 0.162 e. The van der Waals surface area contributed by atoms with Crippen molar-refractivity contribution in [3.8, 4) is 0 Å². The second-order valence-electron chi connectivity index (χ2n) is 2.64. The monoisotopic (exact) mass is 179 g/mol. The van der Waals surface area contributed by atoms with Crippen molar-refractivity contribution in [3.63, 3.8) is 0 Å². The van der Waals surface area contributed by atoms with E-state index in [1.807, 2.05) is 0 Å². The Bertz CT molecular complexity index is 410. The SMILES string of the molecule is CC(O)Nc1ncnc2[nH]cnc12. The predicted molar refractivity (Wildman–Crippen MR) is 47.0 cm³/mol. The van der Waals surface area contributed by atoms with Crippen molar-refractivity contribution in [2.45, 2.75) is 13.2 Å². The van der Waals surface area contributed by atoms with Crippen molar-refractivity contribution in [1.82, 2.24) is 19.9 Å². The average Bonchev–Trinajstić information content (AvgIpc) is 2.51. The maximum Gasteiger partial charge on any atom is 0.162 e. The normalized spacial score (nSPS) is 13.1. The molecule has 1 unspecified atom stereocenters. The van der Waals surface area contributed by atoms with Gasteiger partial charge in [0.25, 0.3) is 0 Å². The van der Waals surface area contributed by atoms with Crippen LogP contribution in [0.25, 0.3) is 11.2 Å². The van der Waals surface area contributed by atoms with Gasteiger partial charge in [0.2, 0.25) is 0 Å². The molecule has 68 valence electrons. The number of nitrogens with zero attached hydrogens (tertiary/aromatic N) is 3. The van der Waals surface area contributed by atoms with Crippen LogP contribution in [0.5, 0.6) is 0 Å². The van der Waals surface area contributed by atoms with E-state index in [2.05, 4.69) is 25.3 Å². The maximum atomic E-state index is 9.09. The van der Waals surface area contributed by atoms with Gasteiger partial charge in [0.1, 0.15) is 18.1 Å². The van der Waals surface area contributed by atoms with Gasteiger partial charge in [-0.15, -0.1) is 0 Å². The first-order valence-corrected chi connectivity index (χ1v) is 3.86. The summed E-state index contributed by atoms with van der Waals surface area (Å²) in [5.41, 5.74) is 1.28. The van der Waals surface area contributed by atoms with Gasteiger partial charge < -0.3 is 15.4 Å². The molecule has 0 bridgehead atoms. The Morgan fingerprint density at radius 1 is 1.46 bits per heavy atom. The lowest BCUT2D eigenvalue weighted by atomic mass is 10.5. The summed E-state index contributed by atoms with van der Waals surface area (Å²) in [6.45, 7) is 1.61. The molecular formula is C7H9N5O. The molecule has 3 N–H and O–H groups in total. The molecule has 6 nitrogen and oxygen atoms in total. The minimum Gasteiger partial charge on any atom is -0.374 e. The third-order valence-corrected chi connectivity index (χ3v) is 1.56. The number of fused-ring (bicyclic) bond motifs is 1. The summed E-state index contributed by atoms with van der Waals surface area (Å²) in [6.07, 6.45) is 2.28. The Labute approximate surface area is 74.1 Å². The highest BCUT2D eigenvalue weighted by atomic mass is 16.3. The van der Waals surface area contributed by atoms with Crippen LogP contribution in [0.1, 0.15) is 6.92 Å². The molecule has 2 aromatic heterocycles. The van der Waals surface area contributed by atoms with E-state index in [9.17, 15) is 0 Å². The first-order valence-electron chi connectivity index (χ1n) is 3.86. The van der Waals surface area contributed by atoms with Crippen LogP contribution >= 0.6 is 0 Å². The summed E-state index contributed by atoms with van der Waals surface area (Å²) in [5.74, 6) is 0.529. The van der Waals surface area contributed by atoms with Gasteiger partial charge >= 0.3 is 0 Å². The van der Waals surface area contributed by atoms with E-state index in [1.54, 1.807) is 6.92 Å². The van der Waals surface area contributed by atoms with Crippen molar-refractivity contribution in [2.75, 3.05) is 5.32 Å². The number of rotatable bonds is 2. The number of imidazole rings is 1. The minimum absolute atomic E-state index is 0.529. The molecule has 2 rings (SSSR count). The summed E-state index contributed by atoms with van der Waals surface area (Å²) in [4.78, 5) is 14.8. The second-order valence-corrected chi connectivity index (χ2v) is 2.64. The zero-order chi connectivity index (χ0) is 9.26. The molecule has 13 heavy (non-hydrogen) atoms. The van der Waals surface area contributed by atoms with Crippen LogP contribution in [-0.4, -0.2) is 31.3 Å². The molecule has 0 aliphatic rings. The molecule has 0 aromatic carbocycles. The lowest BCUT2D eigenvalue weighted by Crippen LogP contribution is -2.14. The summed E-state index contributed by atoms with van der Waals surface area (Å²) < 4.78 is 0. The summed E-state index contributed by atoms with van der Waals surface area (Å²) in [7, 11) is 0. The summed E-state index contributed by atoms with van der Waals surface area (Å²) in [6, 6.07) is 0. The average molecular weight is 179 g/mol. The zero-order valence-corrected chi connectivity index (χ0v) is 7.02. The number of aliphatic hydroxyl groups excluding tert-OH is 1. The quantitative estimate of drug-likeness (QED) is 0.569. The van der Waals surface area contributed by atoms with Crippen LogP contribution in [0, 0.1) is 0 Å². The molecule has 0 aliphatic carbocycles. The van der Waals surface area contributed by atoms with Crippen LogP contribution in [0.3, 0.4) is 0 Å².